The molecular weight excluding hydrogens is 328 g/mol. The molecule has 2 heterocycles. The van der Waals surface area contributed by atoms with Crippen LogP contribution in [0.5, 0.6) is 0 Å². The first-order valence-electron chi connectivity index (χ1n) is 7.17. The van der Waals surface area contributed by atoms with E-state index in [1.54, 1.807) is 35.6 Å². The van der Waals surface area contributed by atoms with Crippen LogP contribution in [-0.2, 0) is 11.2 Å². The number of anilines is 1. The molecule has 0 aliphatic heterocycles. The smallest absolute Gasteiger partial charge is 0.250 e. The Labute approximate surface area is 141 Å². The van der Waals surface area contributed by atoms with E-state index >= 15 is 0 Å². The van der Waals surface area contributed by atoms with Gasteiger partial charge in [0.05, 0.1) is 11.3 Å². The maximum Gasteiger partial charge on any atom is 0.250 e. The molecule has 2 amide bonds. The molecule has 0 bridgehead atoms. The Morgan fingerprint density at radius 2 is 2.08 bits per heavy atom. The van der Waals surface area contributed by atoms with Crippen molar-refractivity contribution in [3.63, 3.8) is 0 Å². The van der Waals surface area contributed by atoms with Gasteiger partial charge in [-0.1, -0.05) is 17.3 Å². The zero-order valence-electron chi connectivity index (χ0n) is 12.6. The molecule has 8 heteroatoms. The lowest BCUT2D eigenvalue weighted by Crippen LogP contribution is -2.18. The van der Waals surface area contributed by atoms with Crippen molar-refractivity contribution in [1.29, 1.82) is 0 Å². The molecule has 0 aliphatic carbocycles. The van der Waals surface area contributed by atoms with E-state index in [1.165, 1.54) is 0 Å². The van der Waals surface area contributed by atoms with E-state index in [1.807, 2.05) is 16.8 Å². The van der Waals surface area contributed by atoms with Gasteiger partial charge in [-0.3, -0.25) is 9.59 Å². The van der Waals surface area contributed by atoms with Crippen molar-refractivity contribution in [2.45, 2.75) is 12.8 Å². The lowest BCUT2D eigenvalue weighted by molar-refractivity contribution is -0.116. The predicted octanol–water partition coefficient (Wildman–Crippen LogP) is 2.47. The summed E-state index contributed by atoms with van der Waals surface area (Å²) in [7, 11) is 0. The van der Waals surface area contributed by atoms with Crippen LogP contribution in [0.3, 0.4) is 0 Å². The van der Waals surface area contributed by atoms with E-state index in [0.29, 0.717) is 23.8 Å². The van der Waals surface area contributed by atoms with Crippen molar-refractivity contribution in [3.8, 4) is 11.4 Å². The summed E-state index contributed by atoms with van der Waals surface area (Å²) < 4.78 is 5.14. The Morgan fingerprint density at radius 3 is 2.83 bits per heavy atom. The van der Waals surface area contributed by atoms with E-state index in [9.17, 15) is 9.59 Å². The van der Waals surface area contributed by atoms with Gasteiger partial charge in [-0.2, -0.15) is 16.3 Å². The summed E-state index contributed by atoms with van der Waals surface area (Å²) in [5, 5.41) is 10.4. The number of hydrogen-bond donors (Lipinski definition) is 2. The van der Waals surface area contributed by atoms with Gasteiger partial charge in [-0.05, 0) is 23.6 Å². The lowest BCUT2D eigenvalue weighted by Gasteiger charge is -2.07. The van der Waals surface area contributed by atoms with Gasteiger partial charge in [-0.25, -0.2) is 0 Å². The molecule has 3 rings (SSSR count). The van der Waals surface area contributed by atoms with Gasteiger partial charge in [0.25, 0.3) is 5.91 Å². The van der Waals surface area contributed by atoms with E-state index < -0.39 is 5.91 Å². The molecule has 0 unspecified atom stereocenters. The summed E-state index contributed by atoms with van der Waals surface area (Å²) in [6.07, 6.45) is 0.458. The molecule has 2 aromatic heterocycles. The maximum atomic E-state index is 12.0. The summed E-state index contributed by atoms with van der Waals surface area (Å²) >= 11 is 1.54. The molecule has 0 atom stereocenters. The summed E-state index contributed by atoms with van der Waals surface area (Å²) in [4.78, 5) is 27.6. The van der Waals surface area contributed by atoms with Crippen LogP contribution >= 0.6 is 11.3 Å². The molecule has 1 aromatic carbocycles. The quantitative estimate of drug-likeness (QED) is 0.715. The van der Waals surface area contributed by atoms with Crippen LogP contribution in [0.4, 0.5) is 5.69 Å². The average Bonchev–Trinajstić information content (AvgIpc) is 3.24. The zero-order valence-corrected chi connectivity index (χ0v) is 13.4. The third-order valence-corrected chi connectivity index (χ3v) is 3.96. The minimum absolute atomic E-state index is 0.151. The summed E-state index contributed by atoms with van der Waals surface area (Å²) in [5.41, 5.74) is 6.82. The highest BCUT2D eigenvalue weighted by Gasteiger charge is 2.13. The van der Waals surface area contributed by atoms with Crippen LogP contribution in [0.25, 0.3) is 11.4 Å². The fraction of sp³-hybridized carbons (Fsp3) is 0.125. The first kappa shape index (κ1) is 15.9. The van der Waals surface area contributed by atoms with Crippen molar-refractivity contribution in [3.05, 3.63) is 52.5 Å². The van der Waals surface area contributed by atoms with E-state index in [4.69, 9.17) is 10.3 Å². The molecule has 0 saturated heterocycles. The topological polar surface area (TPSA) is 111 Å². The number of nitrogens with two attached hydrogens (primary N) is 1. The van der Waals surface area contributed by atoms with Crippen molar-refractivity contribution in [1.82, 2.24) is 10.1 Å². The van der Waals surface area contributed by atoms with Crippen molar-refractivity contribution < 1.29 is 14.1 Å². The molecule has 7 nitrogen and oxygen atoms in total. The van der Waals surface area contributed by atoms with Crippen LogP contribution in [0.1, 0.15) is 22.7 Å². The lowest BCUT2D eigenvalue weighted by atomic mass is 10.1. The maximum absolute atomic E-state index is 12.0. The predicted molar refractivity (Wildman–Crippen MR) is 89.5 cm³/mol. The fourth-order valence-electron chi connectivity index (χ4n) is 2.11. The molecule has 0 aliphatic rings. The monoisotopic (exact) mass is 342 g/mol. The number of nitrogens with one attached hydrogen (secondary N) is 1. The fourth-order valence-corrected chi connectivity index (χ4v) is 2.74. The average molecular weight is 342 g/mol. The van der Waals surface area contributed by atoms with Crippen molar-refractivity contribution >= 4 is 28.8 Å². The van der Waals surface area contributed by atoms with Crippen LogP contribution < -0.4 is 11.1 Å². The molecule has 0 radical (unpaired) electrons. The third kappa shape index (κ3) is 3.66. The summed E-state index contributed by atoms with van der Waals surface area (Å²) in [6.45, 7) is 0. The van der Waals surface area contributed by atoms with E-state index in [2.05, 4.69) is 15.5 Å². The molecular formula is C16H14N4O3S. The largest absolute Gasteiger partial charge is 0.366 e. The Morgan fingerprint density at radius 1 is 1.25 bits per heavy atom. The number of nitrogens with zero attached hydrogens (tertiary/aromatic N) is 2. The number of aromatic nitrogens is 2. The van der Waals surface area contributed by atoms with Gasteiger partial charge in [0.2, 0.25) is 17.6 Å². The third-order valence-electron chi connectivity index (χ3n) is 3.28. The van der Waals surface area contributed by atoms with Crippen LogP contribution in [0.2, 0.25) is 0 Å². The zero-order chi connectivity index (χ0) is 16.9. The van der Waals surface area contributed by atoms with Crippen LogP contribution in [0, 0.1) is 0 Å². The summed E-state index contributed by atoms with van der Waals surface area (Å²) in [5.74, 6) is 0.0301. The van der Waals surface area contributed by atoms with Gasteiger partial charge in [0, 0.05) is 23.8 Å². The SMILES string of the molecule is NC(=O)c1ccccc1NC(=O)CCc1nc(-c2ccsc2)no1. The number of para-hydroxylation sites is 1. The minimum Gasteiger partial charge on any atom is -0.366 e. The highest BCUT2D eigenvalue weighted by atomic mass is 32.1. The second kappa shape index (κ2) is 7.05. The molecule has 3 aromatic rings. The highest BCUT2D eigenvalue weighted by Crippen LogP contribution is 2.19. The second-order valence-electron chi connectivity index (χ2n) is 4.98. The highest BCUT2D eigenvalue weighted by molar-refractivity contribution is 7.08. The van der Waals surface area contributed by atoms with Gasteiger partial charge < -0.3 is 15.6 Å². The Kier molecular flexibility index (Phi) is 4.66. The molecule has 0 saturated carbocycles. The molecule has 122 valence electrons. The number of thiophene rings is 1. The number of carbonyl (C=O) groups excluding carboxylic acids is 2. The normalized spacial score (nSPS) is 10.5. The van der Waals surface area contributed by atoms with Crippen molar-refractivity contribution in [2.24, 2.45) is 5.73 Å². The molecule has 0 spiro atoms. The van der Waals surface area contributed by atoms with E-state index in [-0.39, 0.29) is 17.9 Å². The first-order chi connectivity index (χ1) is 11.6. The van der Waals surface area contributed by atoms with Gasteiger partial charge in [-0.15, -0.1) is 0 Å². The number of aryl methyl sites for hydroxylation is 1. The molecule has 24 heavy (non-hydrogen) atoms. The number of carbonyl (C=O) groups is 2. The number of benzene rings is 1. The first-order valence-corrected chi connectivity index (χ1v) is 8.11. The number of hydrogen-bond acceptors (Lipinski definition) is 6. The van der Waals surface area contributed by atoms with E-state index in [0.717, 1.165) is 5.56 Å². The number of rotatable bonds is 6. The van der Waals surface area contributed by atoms with Crippen LogP contribution in [-0.4, -0.2) is 22.0 Å². The van der Waals surface area contributed by atoms with Gasteiger partial charge in [0.1, 0.15) is 0 Å². The number of primary amides is 1. The minimum atomic E-state index is -0.594. The number of amides is 2. The Balaban J connectivity index is 1.59. The standard InChI is InChI=1S/C16H14N4O3S/c17-15(22)11-3-1-2-4-12(11)18-13(21)5-6-14-19-16(20-23-14)10-7-8-24-9-10/h1-4,7-9H,5-6H2,(H2,17,22)(H,18,21). The van der Waals surface area contributed by atoms with Gasteiger partial charge in [0.15, 0.2) is 0 Å². The molecule has 0 fully saturated rings. The second-order valence-corrected chi connectivity index (χ2v) is 5.76. The Hall–Kier alpha value is -3.00. The Bertz CT molecular complexity index is 858. The summed E-state index contributed by atoms with van der Waals surface area (Å²) in [6, 6.07) is 8.47. The van der Waals surface area contributed by atoms with Crippen molar-refractivity contribution in [2.75, 3.05) is 5.32 Å². The van der Waals surface area contributed by atoms with Gasteiger partial charge >= 0.3 is 0 Å². The van der Waals surface area contributed by atoms with Crippen LogP contribution in [0.15, 0.2) is 45.6 Å². The molecule has 3 N–H and O–H groups in total.